The number of carbonyl (C=O) groups excluding carboxylic acids is 1. The van der Waals surface area contributed by atoms with Gasteiger partial charge in [0.15, 0.2) is 11.5 Å². The van der Waals surface area contributed by atoms with Gasteiger partial charge in [-0.25, -0.2) is 0 Å². The Balaban J connectivity index is 1.73. The number of nitrogens with two attached hydrogens (primary N) is 1. The van der Waals surface area contributed by atoms with E-state index in [0.29, 0.717) is 34.2 Å². The minimum absolute atomic E-state index is 0.228. The zero-order chi connectivity index (χ0) is 18.5. The van der Waals surface area contributed by atoms with E-state index in [0.717, 1.165) is 12.8 Å². The smallest absolute Gasteiger partial charge is 0.255 e. The third-order valence-electron chi connectivity index (χ3n) is 4.51. The highest BCUT2D eigenvalue weighted by Crippen LogP contribution is 2.32. The summed E-state index contributed by atoms with van der Waals surface area (Å²) in [5, 5.41) is 2.82. The lowest BCUT2D eigenvalue weighted by molar-refractivity contribution is 0.102. The molecule has 1 amide bonds. The van der Waals surface area contributed by atoms with Gasteiger partial charge in [0.25, 0.3) is 5.91 Å². The number of nitrogens with one attached hydrogen (secondary N) is 1. The molecule has 1 saturated carbocycles. The third kappa shape index (κ3) is 4.02. The van der Waals surface area contributed by atoms with Crippen LogP contribution >= 0.6 is 0 Å². The van der Waals surface area contributed by atoms with Crippen LogP contribution in [0.15, 0.2) is 36.4 Å². The van der Waals surface area contributed by atoms with E-state index >= 15 is 0 Å². The van der Waals surface area contributed by atoms with E-state index in [1.807, 2.05) is 0 Å². The summed E-state index contributed by atoms with van der Waals surface area (Å²) in [4.78, 5) is 12.5. The molecule has 138 valence electrons. The van der Waals surface area contributed by atoms with Crippen LogP contribution in [-0.4, -0.2) is 26.2 Å². The second-order valence-corrected chi connectivity index (χ2v) is 6.30. The Hall–Kier alpha value is -2.89. The van der Waals surface area contributed by atoms with Crippen molar-refractivity contribution in [3.8, 4) is 17.2 Å². The summed E-state index contributed by atoms with van der Waals surface area (Å²) >= 11 is 0. The van der Waals surface area contributed by atoms with Crippen LogP contribution in [0.1, 0.15) is 36.0 Å². The van der Waals surface area contributed by atoms with E-state index in [1.165, 1.54) is 12.8 Å². The Labute approximate surface area is 153 Å². The fraction of sp³-hybridized carbons (Fsp3) is 0.350. The van der Waals surface area contributed by atoms with Crippen LogP contribution < -0.4 is 25.3 Å². The van der Waals surface area contributed by atoms with Crippen molar-refractivity contribution in [1.82, 2.24) is 0 Å². The molecule has 0 radical (unpaired) electrons. The molecule has 3 rings (SSSR count). The SMILES string of the molecule is COc1ccc(NC(=O)c2ccc(OC3CCCC3)c(OC)c2)cc1N. The molecule has 0 aromatic heterocycles. The standard InChI is InChI=1S/C20H24N2O4/c1-24-17-10-8-14(12-16(17)21)22-20(23)13-7-9-18(19(11-13)25-2)26-15-5-3-4-6-15/h7-12,15H,3-6,21H2,1-2H3,(H,22,23). The number of hydrogen-bond donors (Lipinski definition) is 2. The minimum atomic E-state index is -0.250. The summed E-state index contributed by atoms with van der Waals surface area (Å²) in [7, 11) is 3.12. The van der Waals surface area contributed by atoms with Gasteiger partial charge in [-0.3, -0.25) is 4.79 Å². The van der Waals surface area contributed by atoms with E-state index in [9.17, 15) is 4.79 Å². The van der Waals surface area contributed by atoms with E-state index in [1.54, 1.807) is 50.6 Å². The molecule has 1 aliphatic rings. The Bertz CT molecular complexity index is 785. The van der Waals surface area contributed by atoms with Crippen molar-refractivity contribution >= 4 is 17.3 Å². The zero-order valence-corrected chi connectivity index (χ0v) is 15.1. The van der Waals surface area contributed by atoms with Crippen LogP contribution in [0.5, 0.6) is 17.2 Å². The predicted molar refractivity (Wildman–Crippen MR) is 101 cm³/mol. The van der Waals surface area contributed by atoms with Gasteiger partial charge in [-0.2, -0.15) is 0 Å². The number of anilines is 2. The lowest BCUT2D eigenvalue weighted by Crippen LogP contribution is -2.14. The fourth-order valence-corrected chi connectivity index (χ4v) is 3.11. The third-order valence-corrected chi connectivity index (χ3v) is 4.51. The maximum absolute atomic E-state index is 12.5. The molecule has 0 saturated heterocycles. The average molecular weight is 356 g/mol. The van der Waals surface area contributed by atoms with Crippen molar-refractivity contribution in [3.63, 3.8) is 0 Å². The molecule has 0 spiro atoms. The topological polar surface area (TPSA) is 82.8 Å². The largest absolute Gasteiger partial charge is 0.495 e. The van der Waals surface area contributed by atoms with Gasteiger partial charge in [0.1, 0.15) is 5.75 Å². The van der Waals surface area contributed by atoms with Crippen molar-refractivity contribution in [2.24, 2.45) is 0 Å². The van der Waals surface area contributed by atoms with Crippen LogP contribution in [-0.2, 0) is 0 Å². The van der Waals surface area contributed by atoms with E-state index < -0.39 is 0 Å². The van der Waals surface area contributed by atoms with Gasteiger partial charge in [0.2, 0.25) is 0 Å². The lowest BCUT2D eigenvalue weighted by atomic mass is 10.1. The highest BCUT2D eigenvalue weighted by atomic mass is 16.5. The van der Waals surface area contributed by atoms with Gasteiger partial charge in [0.05, 0.1) is 26.0 Å². The average Bonchev–Trinajstić information content (AvgIpc) is 3.15. The summed E-state index contributed by atoms with van der Waals surface area (Å²) < 4.78 is 16.5. The summed E-state index contributed by atoms with van der Waals surface area (Å²) in [6.45, 7) is 0. The maximum atomic E-state index is 12.5. The maximum Gasteiger partial charge on any atom is 0.255 e. The number of hydrogen-bond acceptors (Lipinski definition) is 5. The first-order chi connectivity index (χ1) is 12.6. The number of carbonyl (C=O) groups is 1. The second kappa shape index (κ2) is 7.99. The monoisotopic (exact) mass is 356 g/mol. The molecule has 6 nitrogen and oxygen atoms in total. The zero-order valence-electron chi connectivity index (χ0n) is 15.1. The minimum Gasteiger partial charge on any atom is -0.495 e. The van der Waals surface area contributed by atoms with E-state index in [-0.39, 0.29) is 12.0 Å². The molecule has 0 unspecified atom stereocenters. The number of nitrogen functional groups attached to an aromatic ring is 1. The Morgan fingerprint density at radius 1 is 1.00 bits per heavy atom. The van der Waals surface area contributed by atoms with Gasteiger partial charge in [-0.05, 0) is 62.1 Å². The van der Waals surface area contributed by atoms with Gasteiger partial charge in [0, 0.05) is 11.3 Å². The molecule has 1 aliphatic carbocycles. The Morgan fingerprint density at radius 3 is 2.35 bits per heavy atom. The number of ether oxygens (including phenoxy) is 3. The van der Waals surface area contributed by atoms with Crippen molar-refractivity contribution in [2.45, 2.75) is 31.8 Å². The second-order valence-electron chi connectivity index (χ2n) is 6.30. The van der Waals surface area contributed by atoms with Crippen molar-refractivity contribution < 1.29 is 19.0 Å². The van der Waals surface area contributed by atoms with Crippen molar-refractivity contribution in [1.29, 1.82) is 0 Å². The summed E-state index contributed by atoms with van der Waals surface area (Å²) in [6.07, 6.45) is 4.73. The molecule has 0 atom stereocenters. The molecule has 6 heteroatoms. The number of benzene rings is 2. The summed E-state index contributed by atoms with van der Waals surface area (Å²) in [6, 6.07) is 10.3. The number of methoxy groups -OCH3 is 2. The molecule has 26 heavy (non-hydrogen) atoms. The molecule has 2 aromatic carbocycles. The van der Waals surface area contributed by atoms with Crippen LogP contribution in [0.2, 0.25) is 0 Å². The highest BCUT2D eigenvalue weighted by molar-refractivity contribution is 6.05. The quantitative estimate of drug-likeness (QED) is 0.768. The first-order valence-electron chi connectivity index (χ1n) is 8.70. The van der Waals surface area contributed by atoms with Crippen molar-refractivity contribution in [2.75, 3.05) is 25.3 Å². The normalized spacial score (nSPS) is 14.1. The Morgan fingerprint density at radius 2 is 1.69 bits per heavy atom. The first-order valence-corrected chi connectivity index (χ1v) is 8.70. The molecule has 3 N–H and O–H groups in total. The molecule has 0 aliphatic heterocycles. The van der Waals surface area contributed by atoms with Crippen LogP contribution in [0.3, 0.4) is 0 Å². The Kier molecular flexibility index (Phi) is 5.51. The van der Waals surface area contributed by atoms with Gasteiger partial charge >= 0.3 is 0 Å². The van der Waals surface area contributed by atoms with Crippen molar-refractivity contribution in [3.05, 3.63) is 42.0 Å². The molecule has 0 bridgehead atoms. The molecule has 2 aromatic rings. The molecular weight excluding hydrogens is 332 g/mol. The fourth-order valence-electron chi connectivity index (χ4n) is 3.11. The van der Waals surface area contributed by atoms with Gasteiger partial charge in [-0.1, -0.05) is 0 Å². The molecule has 1 fully saturated rings. The molecular formula is C20H24N2O4. The predicted octanol–water partition coefficient (Wildman–Crippen LogP) is 3.86. The van der Waals surface area contributed by atoms with Gasteiger partial charge < -0.3 is 25.3 Å². The first kappa shape index (κ1) is 17.9. The summed E-state index contributed by atoms with van der Waals surface area (Å²) in [5.41, 5.74) is 7.42. The van der Waals surface area contributed by atoms with E-state index in [4.69, 9.17) is 19.9 Å². The van der Waals surface area contributed by atoms with Gasteiger partial charge in [-0.15, -0.1) is 0 Å². The van der Waals surface area contributed by atoms with Crippen LogP contribution in [0, 0.1) is 0 Å². The number of amides is 1. The summed E-state index contributed by atoms with van der Waals surface area (Å²) in [5.74, 6) is 1.54. The highest BCUT2D eigenvalue weighted by Gasteiger charge is 2.19. The van der Waals surface area contributed by atoms with Crippen LogP contribution in [0.4, 0.5) is 11.4 Å². The lowest BCUT2D eigenvalue weighted by Gasteiger charge is -2.16. The molecule has 0 heterocycles. The van der Waals surface area contributed by atoms with Crippen LogP contribution in [0.25, 0.3) is 0 Å². The number of rotatable bonds is 6. The van der Waals surface area contributed by atoms with E-state index in [2.05, 4.69) is 5.32 Å².